The van der Waals surface area contributed by atoms with Crippen molar-refractivity contribution >= 4 is 0 Å². The van der Waals surface area contributed by atoms with Crippen molar-refractivity contribution in [3.05, 3.63) is 35.4 Å². The fourth-order valence-corrected chi connectivity index (χ4v) is 1.62. The quantitative estimate of drug-likeness (QED) is 0.796. The molecule has 84 valence electrons. The Bertz CT molecular complexity index is 296. The van der Waals surface area contributed by atoms with Crippen LogP contribution in [0.3, 0.4) is 0 Å². The molecule has 0 aromatic heterocycles. The predicted octanol–water partition coefficient (Wildman–Crippen LogP) is 1.85. The Morgan fingerprint density at radius 1 is 1.33 bits per heavy atom. The first kappa shape index (κ1) is 12.2. The topological polar surface area (TPSA) is 23.5 Å². The minimum Gasteiger partial charge on any atom is -0.393 e. The lowest BCUT2D eigenvalue weighted by Gasteiger charge is -2.14. The largest absolute Gasteiger partial charge is 0.393 e. The molecule has 1 atom stereocenters. The predicted molar refractivity (Wildman–Crippen MR) is 64.1 cm³/mol. The lowest BCUT2D eigenvalue weighted by Crippen LogP contribution is -2.20. The number of aliphatic hydroxyl groups excluding tert-OH is 1. The summed E-state index contributed by atoms with van der Waals surface area (Å²) >= 11 is 0. The van der Waals surface area contributed by atoms with Gasteiger partial charge in [0.15, 0.2) is 0 Å². The molecule has 0 amide bonds. The van der Waals surface area contributed by atoms with Crippen LogP contribution in [0.5, 0.6) is 0 Å². The van der Waals surface area contributed by atoms with Crippen molar-refractivity contribution in [1.29, 1.82) is 0 Å². The maximum atomic E-state index is 9.82. The summed E-state index contributed by atoms with van der Waals surface area (Å²) in [6, 6.07) is 8.34. The number of benzene rings is 1. The fourth-order valence-electron chi connectivity index (χ4n) is 1.62. The Balaban J connectivity index is 2.40. The van der Waals surface area contributed by atoms with Crippen LogP contribution in [0.2, 0.25) is 0 Å². The molecule has 1 rings (SSSR count). The van der Waals surface area contributed by atoms with Gasteiger partial charge in [0.1, 0.15) is 0 Å². The van der Waals surface area contributed by atoms with Crippen LogP contribution in [-0.4, -0.2) is 36.8 Å². The highest BCUT2D eigenvalue weighted by molar-refractivity contribution is 5.22. The van der Waals surface area contributed by atoms with Crippen molar-refractivity contribution < 1.29 is 5.11 Å². The van der Waals surface area contributed by atoms with Crippen LogP contribution in [0.15, 0.2) is 24.3 Å². The van der Waals surface area contributed by atoms with Crippen molar-refractivity contribution in [3.8, 4) is 0 Å². The van der Waals surface area contributed by atoms with Crippen molar-refractivity contribution in [2.75, 3.05) is 20.6 Å². The number of aryl methyl sites for hydroxylation is 1. The van der Waals surface area contributed by atoms with Crippen LogP contribution in [0, 0.1) is 6.92 Å². The maximum Gasteiger partial charge on any atom is 0.0592 e. The van der Waals surface area contributed by atoms with Gasteiger partial charge in [-0.25, -0.2) is 0 Å². The average Bonchev–Trinajstić information content (AvgIpc) is 2.15. The Labute approximate surface area is 92.5 Å². The van der Waals surface area contributed by atoms with E-state index in [1.165, 1.54) is 11.1 Å². The van der Waals surface area contributed by atoms with Gasteiger partial charge in [-0.05, 0) is 46.0 Å². The molecule has 0 bridgehead atoms. The van der Waals surface area contributed by atoms with E-state index in [1.807, 2.05) is 20.2 Å². The number of rotatable bonds is 5. The second-order valence-corrected chi connectivity index (χ2v) is 4.44. The van der Waals surface area contributed by atoms with E-state index in [-0.39, 0.29) is 6.10 Å². The highest BCUT2D eigenvalue weighted by Crippen LogP contribution is 2.08. The smallest absolute Gasteiger partial charge is 0.0592 e. The molecule has 2 nitrogen and oxygen atoms in total. The molecule has 0 aliphatic carbocycles. The van der Waals surface area contributed by atoms with Gasteiger partial charge in [0.2, 0.25) is 0 Å². The van der Waals surface area contributed by atoms with Gasteiger partial charge in [-0.15, -0.1) is 0 Å². The number of aliphatic hydroxyl groups is 1. The summed E-state index contributed by atoms with van der Waals surface area (Å²) in [5.41, 5.74) is 2.48. The highest BCUT2D eigenvalue weighted by Gasteiger charge is 2.05. The highest BCUT2D eigenvalue weighted by atomic mass is 16.3. The van der Waals surface area contributed by atoms with Gasteiger partial charge in [-0.1, -0.05) is 29.8 Å². The zero-order chi connectivity index (χ0) is 11.3. The van der Waals surface area contributed by atoms with Crippen LogP contribution in [0.25, 0.3) is 0 Å². The van der Waals surface area contributed by atoms with E-state index in [2.05, 4.69) is 30.0 Å². The van der Waals surface area contributed by atoms with Crippen LogP contribution in [0.1, 0.15) is 17.5 Å². The third kappa shape index (κ3) is 4.96. The molecule has 1 N–H and O–H groups in total. The molecule has 0 aliphatic heterocycles. The van der Waals surface area contributed by atoms with E-state index in [0.29, 0.717) is 0 Å². The lowest BCUT2D eigenvalue weighted by molar-refractivity contribution is 0.152. The first-order valence-electron chi connectivity index (χ1n) is 5.46. The maximum absolute atomic E-state index is 9.82. The molecule has 0 saturated carbocycles. The minimum absolute atomic E-state index is 0.228. The monoisotopic (exact) mass is 207 g/mol. The summed E-state index contributed by atoms with van der Waals surface area (Å²) < 4.78 is 0. The Kier molecular flexibility index (Phi) is 4.79. The van der Waals surface area contributed by atoms with Gasteiger partial charge >= 0.3 is 0 Å². The SMILES string of the molecule is Cc1cccc(CC(O)CCN(C)C)c1. The van der Waals surface area contributed by atoms with Crippen molar-refractivity contribution in [2.24, 2.45) is 0 Å². The number of nitrogens with zero attached hydrogens (tertiary/aromatic N) is 1. The molecule has 0 fully saturated rings. The van der Waals surface area contributed by atoms with E-state index in [9.17, 15) is 5.11 Å². The molecule has 2 heteroatoms. The van der Waals surface area contributed by atoms with Crippen LogP contribution < -0.4 is 0 Å². The second-order valence-electron chi connectivity index (χ2n) is 4.44. The Hall–Kier alpha value is -0.860. The molecular weight excluding hydrogens is 186 g/mol. The van der Waals surface area contributed by atoms with Gasteiger partial charge in [0.25, 0.3) is 0 Å². The molecule has 0 aliphatic rings. The van der Waals surface area contributed by atoms with Crippen molar-refractivity contribution in [1.82, 2.24) is 4.90 Å². The van der Waals surface area contributed by atoms with E-state index in [0.717, 1.165) is 19.4 Å². The molecular formula is C13H21NO. The minimum atomic E-state index is -0.228. The van der Waals surface area contributed by atoms with Gasteiger partial charge in [0, 0.05) is 0 Å². The van der Waals surface area contributed by atoms with E-state index >= 15 is 0 Å². The van der Waals surface area contributed by atoms with E-state index in [4.69, 9.17) is 0 Å². The summed E-state index contributed by atoms with van der Waals surface area (Å²) in [5, 5.41) is 9.82. The molecule has 0 heterocycles. The summed E-state index contributed by atoms with van der Waals surface area (Å²) in [5.74, 6) is 0. The van der Waals surface area contributed by atoms with Crippen LogP contribution in [0.4, 0.5) is 0 Å². The zero-order valence-electron chi connectivity index (χ0n) is 9.90. The lowest BCUT2D eigenvalue weighted by atomic mass is 10.0. The zero-order valence-corrected chi connectivity index (χ0v) is 9.90. The van der Waals surface area contributed by atoms with Gasteiger partial charge in [0.05, 0.1) is 6.10 Å². The van der Waals surface area contributed by atoms with Gasteiger partial charge in [-0.3, -0.25) is 0 Å². The average molecular weight is 207 g/mol. The number of hydrogen-bond donors (Lipinski definition) is 1. The van der Waals surface area contributed by atoms with Crippen molar-refractivity contribution in [2.45, 2.75) is 25.9 Å². The molecule has 1 unspecified atom stereocenters. The van der Waals surface area contributed by atoms with E-state index < -0.39 is 0 Å². The first-order valence-corrected chi connectivity index (χ1v) is 5.46. The second kappa shape index (κ2) is 5.89. The first-order chi connectivity index (χ1) is 7.08. The van der Waals surface area contributed by atoms with Crippen molar-refractivity contribution in [3.63, 3.8) is 0 Å². The molecule has 1 aromatic rings. The summed E-state index contributed by atoms with van der Waals surface area (Å²) in [4.78, 5) is 2.10. The normalized spacial score (nSPS) is 13.1. The molecule has 15 heavy (non-hydrogen) atoms. The standard InChI is InChI=1S/C13H21NO/c1-11-5-4-6-12(9-11)10-13(15)7-8-14(2)3/h4-6,9,13,15H,7-8,10H2,1-3H3. The number of hydrogen-bond acceptors (Lipinski definition) is 2. The summed E-state index contributed by atoms with van der Waals surface area (Å²) in [6.07, 6.45) is 1.37. The summed E-state index contributed by atoms with van der Waals surface area (Å²) in [6.45, 7) is 3.02. The van der Waals surface area contributed by atoms with Crippen LogP contribution in [-0.2, 0) is 6.42 Å². The van der Waals surface area contributed by atoms with Crippen LogP contribution >= 0.6 is 0 Å². The molecule has 1 aromatic carbocycles. The third-order valence-electron chi connectivity index (χ3n) is 2.46. The summed E-state index contributed by atoms with van der Waals surface area (Å²) in [7, 11) is 4.05. The molecule has 0 spiro atoms. The fraction of sp³-hybridized carbons (Fsp3) is 0.538. The van der Waals surface area contributed by atoms with E-state index in [1.54, 1.807) is 0 Å². The molecule has 0 radical (unpaired) electrons. The Morgan fingerprint density at radius 2 is 2.07 bits per heavy atom. The van der Waals surface area contributed by atoms with Gasteiger partial charge < -0.3 is 10.0 Å². The third-order valence-corrected chi connectivity index (χ3v) is 2.46. The van der Waals surface area contributed by atoms with Gasteiger partial charge in [-0.2, -0.15) is 0 Å². The Morgan fingerprint density at radius 3 is 2.67 bits per heavy atom. The molecule has 0 saturated heterocycles.